The Hall–Kier alpha value is -1.22. The number of nitrogens with zero attached hydrogens (tertiary/aromatic N) is 2. The van der Waals surface area contributed by atoms with Crippen LogP contribution in [0.15, 0.2) is 18.3 Å². The van der Waals surface area contributed by atoms with E-state index in [1.54, 1.807) is 0 Å². The lowest BCUT2D eigenvalue weighted by atomic mass is 10.3. The Bertz CT molecular complexity index is 499. The first-order valence-corrected chi connectivity index (χ1v) is 5.06. The van der Waals surface area contributed by atoms with Crippen molar-refractivity contribution in [3.05, 3.63) is 29.3 Å². The molecule has 1 saturated carbocycles. The number of pyridine rings is 1. The van der Waals surface area contributed by atoms with Gasteiger partial charge in [-0.15, -0.1) is 0 Å². The molecule has 2 N–H and O–H groups in total. The lowest BCUT2D eigenvalue weighted by Gasteiger charge is -1.99. The van der Waals surface area contributed by atoms with Gasteiger partial charge < -0.3 is 5.73 Å². The lowest BCUT2D eigenvalue weighted by Crippen LogP contribution is -1.94. The first-order valence-electron chi connectivity index (χ1n) is 4.68. The van der Waals surface area contributed by atoms with Crippen molar-refractivity contribution in [2.45, 2.75) is 18.8 Å². The standard InChI is InChI=1S/C10H10ClN3/c11-9-8-4-3-7(12)5-14(8)10(13-9)6-1-2-6/h3-6H,1-2,12H2. The highest BCUT2D eigenvalue weighted by Gasteiger charge is 2.28. The average Bonchev–Trinajstić information content (AvgIpc) is 2.93. The van der Waals surface area contributed by atoms with Crippen LogP contribution in [0.2, 0.25) is 5.15 Å². The van der Waals surface area contributed by atoms with Gasteiger partial charge in [0.1, 0.15) is 5.82 Å². The van der Waals surface area contributed by atoms with E-state index in [1.165, 1.54) is 12.8 Å². The maximum absolute atomic E-state index is 6.03. The molecule has 2 aromatic heterocycles. The number of imidazole rings is 1. The fourth-order valence-electron chi connectivity index (χ4n) is 1.72. The minimum atomic E-state index is 0.576. The molecule has 4 heteroatoms. The van der Waals surface area contributed by atoms with E-state index in [0.29, 0.717) is 11.1 Å². The van der Waals surface area contributed by atoms with E-state index in [0.717, 1.165) is 17.0 Å². The number of nitrogens with two attached hydrogens (primary N) is 1. The van der Waals surface area contributed by atoms with Crippen molar-refractivity contribution >= 4 is 22.8 Å². The van der Waals surface area contributed by atoms with Gasteiger partial charge in [0, 0.05) is 17.8 Å². The van der Waals surface area contributed by atoms with Crippen molar-refractivity contribution in [2.24, 2.45) is 0 Å². The molecule has 1 aliphatic rings. The molecule has 0 spiro atoms. The van der Waals surface area contributed by atoms with Gasteiger partial charge >= 0.3 is 0 Å². The van der Waals surface area contributed by atoms with Crippen LogP contribution in [0.1, 0.15) is 24.6 Å². The van der Waals surface area contributed by atoms with Crippen molar-refractivity contribution in [1.29, 1.82) is 0 Å². The Balaban J connectivity index is 2.33. The second kappa shape index (κ2) is 2.64. The van der Waals surface area contributed by atoms with Crippen molar-refractivity contribution < 1.29 is 0 Å². The first-order chi connectivity index (χ1) is 6.75. The lowest BCUT2D eigenvalue weighted by molar-refractivity contribution is 0.922. The van der Waals surface area contributed by atoms with Crippen LogP contribution in [0.25, 0.3) is 5.52 Å². The second-order valence-electron chi connectivity index (χ2n) is 3.75. The normalized spacial score (nSPS) is 16.4. The molecule has 0 atom stereocenters. The molecule has 3 rings (SSSR count). The van der Waals surface area contributed by atoms with Crippen molar-refractivity contribution in [1.82, 2.24) is 9.38 Å². The third-order valence-corrected chi connectivity index (χ3v) is 2.86. The predicted molar refractivity (Wildman–Crippen MR) is 56.6 cm³/mol. The summed E-state index contributed by atoms with van der Waals surface area (Å²) in [4.78, 5) is 4.37. The summed E-state index contributed by atoms with van der Waals surface area (Å²) in [7, 11) is 0. The van der Waals surface area contributed by atoms with Crippen molar-refractivity contribution in [3.8, 4) is 0 Å². The van der Waals surface area contributed by atoms with E-state index in [9.17, 15) is 0 Å². The van der Waals surface area contributed by atoms with Crippen LogP contribution in [-0.4, -0.2) is 9.38 Å². The van der Waals surface area contributed by atoms with Gasteiger partial charge in [0.15, 0.2) is 5.15 Å². The molecule has 0 unspecified atom stereocenters. The molecule has 0 aromatic carbocycles. The topological polar surface area (TPSA) is 43.3 Å². The van der Waals surface area contributed by atoms with Crippen molar-refractivity contribution in [3.63, 3.8) is 0 Å². The summed E-state index contributed by atoms with van der Waals surface area (Å²) in [5.74, 6) is 1.63. The van der Waals surface area contributed by atoms with Gasteiger partial charge in [-0.2, -0.15) is 0 Å². The fraction of sp³-hybridized carbons (Fsp3) is 0.300. The van der Waals surface area contributed by atoms with Gasteiger partial charge in [-0.1, -0.05) is 11.6 Å². The van der Waals surface area contributed by atoms with Crippen LogP contribution in [0.5, 0.6) is 0 Å². The summed E-state index contributed by atoms with van der Waals surface area (Å²) in [5, 5.41) is 0.576. The molecule has 0 saturated heterocycles. The van der Waals surface area contributed by atoms with Gasteiger partial charge in [-0.25, -0.2) is 4.98 Å². The molecule has 1 aliphatic carbocycles. The maximum Gasteiger partial charge on any atom is 0.155 e. The summed E-state index contributed by atoms with van der Waals surface area (Å²) in [5.41, 5.74) is 7.42. The summed E-state index contributed by atoms with van der Waals surface area (Å²) in [6.45, 7) is 0. The molecular weight excluding hydrogens is 198 g/mol. The molecule has 0 radical (unpaired) electrons. The molecule has 0 amide bonds. The summed E-state index contributed by atoms with van der Waals surface area (Å²) in [6, 6.07) is 3.76. The summed E-state index contributed by atoms with van der Waals surface area (Å²) >= 11 is 6.03. The maximum atomic E-state index is 6.03. The number of rotatable bonds is 1. The molecule has 14 heavy (non-hydrogen) atoms. The third kappa shape index (κ3) is 1.09. The van der Waals surface area contributed by atoms with Crippen LogP contribution < -0.4 is 5.73 Å². The first kappa shape index (κ1) is 8.12. The van der Waals surface area contributed by atoms with Gasteiger partial charge in [-0.3, -0.25) is 4.40 Å². The molecule has 0 bridgehead atoms. The number of anilines is 1. The zero-order valence-corrected chi connectivity index (χ0v) is 8.33. The number of hydrogen-bond donors (Lipinski definition) is 1. The van der Waals surface area contributed by atoms with E-state index in [1.807, 2.05) is 22.7 Å². The Morgan fingerprint density at radius 2 is 2.21 bits per heavy atom. The van der Waals surface area contributed by atoms with Gasteiger partial charge in [0.2, 0.25) is 0 Å². The predicted octanol–water partition coefficient (Wildman–Crippen LogP) is 2.45. The quantitative estimate of drug-likeness (QED) is 0.781. The Labute approximate surface area is 86.5 Å². The highest BCUT2D eigenvalue weighted by Crippen LogP contribution is 2.40. The number of fused-ring (bicyclic) bond motifs is 1. The molecule has 2 aromatic rings. The summed E-state index contributed by atoms with van der Waals surface area (Å²) < 4.78 is 2.01. The van der Waals surface area contributed by atoms with Crippen LogP contribution in [0, 0.1) is 0 Å². The van der Waals surface area contributed by atoms with E-state index < -0.39 is 0 Å². The average molecular weight is 208 g/mol. The van der Waals surface area contributed by atoms with Gasteiger partial charge in [-0.05, 0) is 25.0 Å². The zero-order chi connectivity index (χ0) is 9.71. The zero-order valence-electron chi connectivity index (χ0n) is 7.57. The van der Waals surface area contributed by atoms with Crippen LogP contribution in [0.3, 0.4) is 0 Å². The van der Waals surface area contributed by atoms with E-state index >= 15 is 0 Å². The minimum Gasteiger partial charge on any atom is -0.398 e. The molecule has 72 valence electrons. The van der Waals surface area contributed by atoms with Gasteiger partial charge in [0.25, 0.3) is 0 Å². The van der Waals surface area contributed by atoms with Crippen LogP contribution >= 0.6 is 11.6 Å². The van der Waals surface area contributed by atoms with Crippen LogP contribution in [-0.2, 0) is 0 Å². The highest BCUT2D eigenvalue weighted by molar-refractivity contribution is 6.32. The second-order valence-corrected chi connectivity index (χ2v) is 4.11. The monoisotopic (exact) mass is 207 g/mol. The SMILES string of the molecule is Nc1ccc2c(Cl)nc(C3CC3)n2c1. The Kier molecular flexibility index (Phi) is 1.53. The molecular formula is C10H10ClN3. The molecule has 2 heterocycles. The smallest absolute Gasteiger partial charge is 0.155 e. The fourth-order valence-corrected chi connectivity index (χ4v) is 1.96. The number of hydrogen-bond acceptors (Lipinski definition) is 2. The van der Waals surface area contributed by atoms with E-state index in [4.69, 9.17) is 17.3 Å². The number of nitrogen functional groups attached to an aromatic ring is 1. The van der Waals surface area contributed by atoms with Crippen molar-refractivity contribution in [2.75, 3.05) is 5.73 Å². The minimum absolute atomic E-state index is 0.576. The highest BCUT2D eigenvalue weighted by atomic mass is 35.5. The Morgan fingerprint density at radius 3 is 2.93 bits per heavy atom. The van der Waals surface area contributed by atoms with Gasteiger partial charge in [0.05, 0.1) is 5.52 Å². The number of halogens is 1. The largest absolute Gasteiger partial charge is 0.398 e. The molecule has 1 fully saturated rings. The summed E-state index contributed by atoms with van der Waals surface area (Å²) in [6.07, 6.45) is 4.32. The molecule has 3 nitrogen and oxygen atoms in total. The number of aromatic nitrogens is 2. The van der Waals surface area contributed by atoms with E-state index in [2.05, 4.69) is 4.98 Å². The molecule has 0 aliphatic heterocycles. The Morgan fingerprint density at radius 1 is 1.43 bits per heavy atom. The third-order valence-electron chi connectivity index (χ3n) is 2.58. The van der Waals surface area contributed by atoms with Crippen LogP contribution in [0.4, 0.5) is 5.69 Å². The van der Waals surface area contributed by atoms with E-state index in [-0.39, 0.29) is 0 Å².